The smallest absolute Gasteiger partial charge is 0.416 e. The Morgan fingerprint density at radius 3 is 2.33 bits per heavy atom. The van der Waals surface area contributed by atoms with E-state index in [0.717, 1.165) is 29.8 Å². The quantitative estimate of drug-likeness (QED) is 0.632. The number of nitrogens with zero attached hydrogens (tertiary/aromatic N) is 1. The monoisotopic (exact) mass is 466 g/mol. The summed E-state index contributed by atoms with van der Waals surface area (Å²) in [5.41, 5.74) is 0.0973. The van der Waals surface area contributed by atoms with Crippen molar-refractivity contribution in [2.24, 2.45) is 0 Å². The lowest BCUT2D eigenvalue weighted by molar-refractivity contribution is -0.146. The molecule has 0 aromatic heterocycles. The number of likely N-dealkylation sites (tertiary alicyclic amines) is 1. The molecular formula is C23H25F3N2O5. The van der Waals surface area contributed by atoms with Crippen molar-refractivity contribution in [2.45, 2.75) is 31.2 Å². The van der Waals surface area contributed by atoms with Gasteiger partial charge in [0.1, 0.15) is 17.5 Å². The highest BCUT2D eigenvalue weighted by atomic mass is 19.4. The van der Waals surface area contributed by atoms with Crippen LogP contribution in [0.5, 0.6) is 11.5 Å². The number of methoxy groups -OCH3 is 3. The molecule has 1 N–H and O–H groups in total. The molecule has 10 heteroatoms. The van der Waals surface area contributed by atoms with E-state index < -0.39 is 35.7 Å². The molecular weight excluding hydrogens is 441 g/mol. The van der Waals surface area contributed by atoms with Crippen LogP contribution in [0, 0.1) is 0 Å². The predicted octanol–water partition coefficient (Wildman–Crippen LogP) is 3.27. The standard InChI is InChI=1S/C23H25F3N2O5/c1-31-18-9-6-15(20(11-18)32-2)12-28-13-17(10-19(28)22(30)33-3)27-21(29)14-4-7-16(8-5-14)23(24,25)26/h4-9,11,17,19H,10,12-13H2,1-3H3,(H,27,29)/t17-,19+/m1/s1. The molecule has 1 amide bonds. The maximum Gasteiger partial charge on any atom is 0.416 e. The molecule has 1 aliphatic heterocycles. The van der Waals surface area contributed by atoms with Crippen LogP contribution in [-0.2, 0) is 22.3 Å². The number of ether oxygens (including phenoxy) is 3. The number of nitrogens with one attached hydrogen (secondary N) is 1. The summed E-state index contributed by atoms with van der Waals surface area (Å²) >= 11 is 0. The van der Waals surface area contributed by atoms with Gasteiger partial charge in [0.05, 0.1) is 26.9 Å². The molecule has 2 aromatic rings. The lowest BCUT2D eigenvalue weighted by Crippen LogP contribution is -2.37. The number of hydrogen-bond acceptors (Lipinski definition) is 6. The Morgan fingerprint density at radius 2 is 1.76 bits per heavy atom. The van der Waals surface area contributed by atoms with Gasteiger partial charge < -0.3 is 19.5 Å². The van der Waals surface area contributed by atoms with E-state index in [2.05, 4.69) is 5.32 Å². The average Bonchev–Trinajstić information content (AvgIpc) is 3.20. The second-order valence-electron chi connectivity index (χ2n) is 7.63. The van der Waals surface area contributed by atoms with E-state index in [0.29, 0.717) is 31.0 Å². The second-order valence-corrected chi connectivity index (χ2v) is 7.63. The van der Waals surface area contributed by atoms with Crippen LogP contribution in [0.4, 0.5) is 13.2 Å². The second kappa shape index (κ2) is 10.1. The van der Waals surface area contributed by atoms with Gasteiger partial charge in [0.25, 0.3) is 5.91 Å². The van der Waals surface area contributed by atoms with Gasteiger partial charge in [-0.15, -0.1) is 0 Å². The van der Waals surface area contributed by atoms with Gasteiger partial charge in [0.15, 0.2) is 0 Å². The summed E-state index contributed by atoms with van der Waals surface area (Å²) in [6.45, 7) is 0.709. The Labute approximate surface area is 189 Å². The number of alkyl halides is 3. The summed E-state index contributed by atoms with van der Waals surface area (Å²) in [7, 11) is 4.38. The number of carbonyl (C=O) groups is 2. The Bertz CT molecular complexity index is 995. The normalized spacial score (nSPS) is 18.6. The van der Waals surface area contributed by atoms with Gasteiger partial charge >= 0.3 is 12.1 Å². The van der Waals surface area contributed by atoms with Crippen molar-refractivity contribution < 1.29 is 37.0 Å². The summed E-state index contributed by atoms with van der Waals surface area (Å²) in [5.74, 6) is 0.272. The summed E-state index contributed by atoms with van der Waals surface area (Å²) in [6.07, 6.45) is -4.17. The summed E-state index contributed by atoms with van der Waals surface area (Å²) in [5, 5.41) is 2.80. The van der Waals surface area contributed by atoms with Crippen molar-refractivity contribution in [2.75, 3.05) is 27.9 Å². The molecule has 1 heterocycles. The molecule has 33 heavy (non-hydrogen) atoms. The van der Waals surface area contributed by atoms with Crippen LogP contribution >= 0.6 is 0 Å². The number of rotatable bonds is 7. The zero-order chi connectivity index (χ0) is 24.2. The van der Waals surface area contributed by atoms with Crippen LogP contribution in [0.3, 0.4) is 0 Å². The van der Waals surface area contributed by atoms with Crippen LogP contribution in [0.25, 0.3) is 0 Å². The largest absolute Gasteiger partial charge is 0.497 e. The topological polar surface area (TPSA) is 77.1 Å². The summed E-state index contributed by atoms with van der Waals surface area (Å²) in [4.78, 5) is 26.8. The minimum absolute atomic E-state index is 0.105. The van der Waals surface area contributed by atoms with Crippen molar-refractivity contribution in [3.63, 3.8) is 0 Å². The van der Waals surface area contributed by atoms with Gasteiger partial charge in [0, 0.05) is 36.3 Å². The van der Waals surface area contributed by atoms with Gasteiger partial charge in [-0.1, -0.05) is 6.07 Å². The first-order chi connectivity index (χ1) is 15.7. The molecule has 2 atom stereocenters. The van der Waals surface area contributed by atoms with Crippen molar-refractivity contribution in [3.8, 4) is 11.5 Å². The van der Waals surface area contributed by atoms with E-state index >= 15 is 0 Å². The van der Waals surface area contributed by atoms with Crippen molar-refractivity contribution >= 4 is 11.9 Å². The third-order valence-electron chi connectivity index (χ3n) is 5.55. The molecule has 178 valence electrons. The molecule has 1 fully saturated rings. The van der Waals surface area contributed by atoms with Gasteiger partial charge in [-0.05, 0) is 36.8 Å². The van der Waals surface area contributed by atoms with E-state index in [9.17, 15) is 22.8 Å². The third-order valence-corrected chi connectivity index (χ3v) is 5.55. The molecule has 7 nitrogen and oxygen atoms in total. The van der Waals surface area contributed by atoms with E-state index in [4.69, 9.17) is 14.2 Å². The maximum atomic E-state index is 12.8. The Morgan fingerprint density at radius 1 is 1.06 bits per heavy atom. The zero-order valence-electron chi connectivity index (χ0n) is 18.4. The number of carbonyl (C=O) groups excluding carboxylic acids is 2. The highest BCUT2D eigenvalue weighted by Crippen LogP contribution is 2.30. The number of halogens is 3. The Balaban J connectivity index is 1.73. The predicted molar refractivity (Wildman–Crippen MR) is 113 cm³/mol. The van der Waals surface area contributed by atoms with E-state index in [1.807, 2.05) is 11.0 Å². The molecule has 0 saturated carbocycles. The summed E-state index contributed by atoms with van der Waals surface area (Å²) < 4.78 is 53.8. The molecule has 0 aliphatic carbocycles. The lowest BCUT2D eigenvalue weighted by Gasteiger charge is -2.23. The van der Waals surface area contributed by atoms with Crippen molar-refractivity contribution in [1.82, 2.24) is 10.2 Å². The first kappa shape index (κ1) is 24.4. The van der Waals surface area contributed by atoms with Crippen LogP contribution < -0.4 is 14.8 Å². The molecule has 1 aliphatic rings. The van der Waals surface area contributed by atoms with Crippen molar-refractivity contribution in [1.29, 1.82) is 0 Å². The fraction of sp³-hybridized carbons (Fsp3) is 0.391. The molecule has 3 rings (SSSR count). The third kappa shape index (κ3) is 5.75. The highest BCUT2D eigenvalue weighted by Gasteiger charge is 2.38. The first-order valence-corrected chi connectivity index (χ1v) is 10.2. The lowest BCUT2D eigenvalue weighted by atomic mass is 10.1. The Kier molecular flexibility index (Phi) is 7.47. The van der Waals surface area contributed by atoms with Crippen molar-refractivity contribution in [3.05, 3.63) is 59.2 Å². The van der Waals surface area contributed by atoms with E-state index in [-0.39, 0.29) is 5.56 Å². The minimum Gasteiger partial charge on any atom is -0.497 e. The molecule has 0 radical (unpaired) electrons. The van der Waals surface area contributed by atoms with Gasteiger partial charge in [-0.25, -0.2) is 0 Å². The maximum absolute atomic E-state index is 12.8. The molecule has 0 bridgehead atoms. The highest BCUT2D eigenvalue weighted by molar-refractivity contribution is 5.94. The fourth-order valence-corrected chi connectivity index (χ4v) is 3.84. The molecule has 0 spiro atoms. The number of esters is 1. The number of amides is 1. The van der Waals surface area contributed by atoms with Crippen LogP contribution in [-0.4, -0.2) is 56.7 Å². The van der Waals surface area contributed by atoms with E-state index in [1.165, 1.54) is 14.2 Å². The van der Waals surface area contributed by atoms with Gasteiger partial charge in [-0.3, -0.25) is 14.5 Å². The number of hydrogen-bond donors (Lipinski definition) is 1. The SMILES string of the molecule is COC(=O)[C@@H]1C[C@@H](NC(=O)c2ccc(C(F)(F)F)cc2)CN1Cc1ccc(OC)cc1OC. The van der Waals surface area contributed by atoms with Crippen LogP contribution in [0.1, 0.15) is 27.9 Å². The molecule has 1 saturated heterocycles. The minimum atomic E-state index is -4.47. The fourth-order valence-electron chi connectivity index (χ4n) is 3.84. The van der Waals surface area contributed by atoms with Crippen LogP contribution in [0.2, 0.25) is 0 Å². The van der Waals surface area contributed by atoms with E-state index in [1.54, 1.807) is 19.2 Å². The van der Waals surface area contributed by atoms with Crippen LogP contribution in [0.15, 0.2) is 42.5 Å². The summed E-state index contributed by atoms with van der Waals surface area (Å²) in [6, 6.07) is 8.35. The average molecular weight is 466 g/mol. The van der Waals surface area contributed by atoms with Gasteiger partial charge in [0.2, 0.25) is 0 Å². The molecule has 2 aromatic carbocycles. The first-order valence-electron chi connectivity index (χ1n) is 10.2. The molecule has 0 unspecified atom stereocenters. The van der Waals surface area contributed by atoms with Gasteiger partial charge in [-0.2, -0.15) is 13.2 Å². The Hall–Kier alpha value is -3.27. The number of benzene rings is 2. The zero-order valence-corrected chi connectivity index (χ0v) is 18.4.